The molecule has 0 radical (unpaired) electrons. The summed E-state index contributed by atoms with van der Waals surface area (Å²) in [6.07, 6.45) is -0.566. The van der Waals surface area contributed by atoms with Crippen molar-refractivity contribution in [3.8, 4) is 0 Å². The van der Waals surface area contributed by atoms with E-state index >= 15 is 0 Å². The van der Waals surface area contributed by atoms with Crippen LogP contribution in [0.3, 0.4) is 0 Å². The van der Waals surface area contributed by atoms with Gasteiger partial charge in [-0.2, -0.15) is 0 Å². The number of esters is 1. The first-order chi connectivity index (χ1) is 12.2. The number of carbonyl (C=O) groups is 2. The molecule has 0 spiro atoms. The average Bonchev–Trinajstić information content (AvgIpc) is 3.07. The maximum Gasteiger partial charge on any atom is 0.412 e. The van der Waals surface area contributed by atoms with Crippen molar-refractivity contribution in [3.63, 3.8) is 0 Å². The summed E-state index contributed by atoms with van der Waals surface area (Å²) in [5.74, 6) is -0.434. The van der Waals surface area contributed by atoms with Crippen molar-refractivity contribution in [2.75, 3.05) is 11.9 Å². The smallest absolute Gasteiger partial charge is 0.412 e. The number of benzene rings is 2. The standard InChI is InChI=1S/C19H18N2O4/c1-2-24-18(22)16-11-14-9-6-10-15(17(14)20-16)21-19(23)25-12-13-7-4-3-5-8-13/h3-11,20H,2,12H2,1H3,(H,21,23). The highest BCUT2D eigenvalue weighted by molar-refractivity contribution is 6.02. The third kappa shape index (κ3) is 3.98. The Bertz CT molecular complexity index is 887. The predicted molar refractivity (Wildman–Crippen MR) is 94.5 cm³/mol. The van der Waals surface area contributed by atoms with Crippen LogP contribution in [0.1, 0.15) is 23.0 Å². The first-order valence-electron chi connectivity index (χ1n) is 7.94. The summed E-state index contributed by atoms with van der Waals surface area (Å²) in [4.78, 5) is 26.9. The number of aromatic nitrogens is 1. The van der Waals surface area contributed by atoms with Crippen molar-refractivity contribution >= 4 is 28.7 Å². The Kier molecular flexibility index (Phi) is 4.99. The van der Waals surface area contributed by atoms with Gasteiger partial charge in [-0.3, -0.25) is 5.32 Å². The highest BCUT2D eigenvalue weighted by atomic mass is 16.5. The van der Waals surface area contributed by atoms with Gasteiger partial charge in [0.15, 0.2) is 0 Å². The molecule has 0 bridgehead atoms. The Morgan fingerprint density at radius 1 is 1.04 bits per heavy atom. The number of ether oxygens (including phenoxy) is 2. The van der Waals surface area contributed by atoms with Crippen LogP contribution in [-0.4, -0.2) is 23.7 Å². The van der Waals surface area contributed by atoms with Crippen LogP contribution in [0.2, 0.25) is 0 Å². The monoisotopic (exact) mass is 338 g/mol. The molecule has 0 unspecified atom stereocenters. The number of hydrogen-bond donors (Lipinski definition) is 2. The van der Waals surface area contributed by atoms with Gasteiger partial charge in [-0.15, -0.1) is 0 Å². The van der Waals surface area contributed by atoms with E-state index in [0.717, 1.165) is 10.9 Å². The van der Waals surface area contributed by atoms with Gasteiger partial charge in [0.1, 0.15) is 12.3 Å². The first kappa shape index (κ1) is 16.6. The number of nitrogens with one attached hydrogen (secondary N) is 2. The summed E-state index contributed by atoms with van der Waals surface area (Å²) >= 11 is 0. The fourth-order valence-corrected chi connectivity index (χ4v) is 2.45. The molecule has 0 aliphatic carbocycles. The van der Waals surface area contributed by atoms with Crippen LogP contribution < -0.4 is 5.32 Å². The fourth-order valence-electron chi connectivity index (χ4n) is 2.45. The normalized spacial score (nSPS) is 10.4. The van der Waals surface area contributed by atoms with Crippen molar-refractivity contribution in [3.05, 3.63) is 65.9 Å². The zero-order valence-corrected chi connectivity index (χ0v) is 13.7. The molecule has 0 saturated heterocycles. The van der Waals surface area contributed by atoms with Gasteiger partial charge in [-0.25, -0.2) is 9.59 Å². The molecule has 25 heavy (non-hydrogen) atoms. The Morgan fingerprint density at radius 3 is 2.60 bits per heavy atom. The quantitative estimate of drug-likeness (QED) is 0.687. The van der Waals surface area contributed by atoms with Gasteiger partial charge in [0.05, 0.1) is 17.8 Å². The van der Waals surface area contributed by atoms with Crippen LogP contribution in [0.15, 0.2) is 54.6 Å². The van der Waals surface area contributed by atoms with Crippen LogP contribution in [0.25, 0.3) is 10.9 Å². The van der Waals surface area contributed by atoms with E-state index in [1.165, 1.54) is 0 Å². The molecule has 6 heteroatoms. The van der Waals surface area contributed by atoms with Crippen molar-refractivity contribution in [1.29, 1.82) is 0 Å². The molecule has 1 heterocycles. The number of aromatic amines is 1. The topological polar surface area (TPSA) is 80.4 Å². The zero-order chi connectivity index (χ0) is 17.6. The lowest BCUT2D eigenvalue weighted by atomic mass is 10.2. The molecule has 0 aliphatic rings. The SMILES string of the molecule is CCOC(=O)c1cc2cccc(NC(=O)OCc3ccccc3)c2[nH]1. The molecule has 0 saturated carbocycles. The first-order valence-corrected chi connectivity index (χ1v) is 7.94. The molecule has 1 amide bonds. The van der Waals surface area contributed by atoms with E-state index in [1.54, 1.807) is 25.1 Å². The summed E-state index contributed by atoms with van der Waals surface area (Å²) in [7, 11) is 0. The molecule has 2 N–H and O–H groups in total. The molecular formula is C19H18N2O4. The van der Waals surface area contributed by atoms with Gasteiger partial charge < -0.3 is 14.5 Å². The molecule has 0 atom stereocenters. The number of H-pyrrole nitrogens is 1. The maximum absolute atomic E-state index is 12.0. The summed E-state index contributed by atoms with van der Waals surface area (Å²) in [6, 6.07) is 16.5. The Hall–Kier alpha value is -3.28. The van der Waals surface area contributed by atoms with E-state index < -0.39 is 12.1 Å². The van der Waals surface area contributed by atoms with Crippen LogP contribution in [0, 0.1) is 0 Å². The van der Waals surface area contributed by atoms with E-state index in [0.29, 0.717) is 23.5 Å². The number of fused-ring (bicyclic) bond motifs is 1. The summed E-state index contributed by atoms with van der Waals surface area (Å²) in [5.41, 5.74) is 2.41. The van der Waals surface area contributed by atoms with Crippen molar-refractivity contribution in [2.45, 2.75) is 13.5 Å². The number of hydrogen-bond acceptors (Lipinski definition) is 4. The number of anilines is 1. The van der Waals surface area contributed by atoms with E-state index in [9.17, 15) is 9.59 Å². The van der Waals surface area contributed by atoms with Gasteiger partial charge >= 0.3 is 12.1 Å². The van der Waals surface area contributed by atoms with Gasteiger partial charge in [-0.05, 0) is 24.6 Å². The second-order valence-corrected chi connectivity index (χ2v) is 5.36. The summed E-state index contributed by atoms with van der Waals surface area (Å²) < 4.78 is 10.2. The third-order valence-electron chi connectivity index (χ3n) is 3.60. The lowest BCUT2D eigenvalue weighted by Gasteiger charge is -2.08. The van der Waals surface area contributed by atoms with Crippen molar-refractivity contribution < 1.29 is 19.1 Å². The number of amides is 1. The largest absolute Gasteiger partial charge is 0.461 e. The lowest BCUT2D eigenvalue weighted by molar-refractivity contribution is 0.0520. The summed E-state index contributed by atoms with van der Waals surface area (Å²) in [5, 5.41) is 3.49. The molecule has 1 aromatic heterocycles. The van der Waals surface area contributed by atoms with Gasteiger partial charge in [-0.1, -0.05) is 42.5 Å². The number of rotatable bonds is 5. The van der Waals surface area contributed by atoms with Crippen LogP contribution >= 0.6 is 0 Å². The Labute approximate surface area is 144 Å². The van der Waals surface area contributed by atoms with Gasteiger partial charge in [0.2, 0.25) is 0 Å². The molecule has 3 aromatic rings. The van der Waals surface area contributed by atoms with Crippen molar-refractivity contribution in [2.24, 2.45) is 0 Å². The van der Waals surface area contributed by atoms with Crippen LogP contribution in [-0.2, 0) is 16.1 Å². The van der Waals surface area contributed by atoms with Gasteiger partial charge in [0, 0.05) is 5.39 Å². The Morgan fingerprint density at radius 2 is 1.84 bits per heavy atom. The second kappa shape index (κ2) is 7.53. The second-order valence-electron chi connectivity index (χ2n) is 5.36. The number of para-hydroxylation sites is 1. The predicted octanol–water partition coefficient (Wildman–Crippen LogP) is 4.09. The minimum atomic E-state index is -0.566. The highest BCUT2D eigenvalue weighted by Gasteiger charge is 2.14. The van der Waals surface area contributed by atoms with E-state index in [2.05, 4.69) is 10.3 Å². The van der Waals surface area contributed by atoms with E-state index in [4.69, 9.17) is 9.47 Å². The van der Waals surface area contributed by atoms with Crippen molar-refractivity contribution in [1.82, 2.24) is 4.98 Å². The van der Waals surface area contributed by atoms with Crippen LogP contribution in [0.5, 0.6) is 0 Å². The number of carbonyl (C=O) groups excluding carboxylic acids is 2. The zero-order valence-electron chi connectivity index (χ0n) is 13.7. The van der Waals surface area contributed by atoms with E-state index in [1.807, 2.05) is 36.4 Å². The average molecular weight is 338 g/mol. The molecule has 0 fully saturated rings. The molecule has 0 aliphatic heterocycles. The third-order valence-corrected chi connectivity index (χ3v) is 3.60. The Balaban J connectivity index is 1.72. The lowest BCUT2D eigenvalue weighted by Crippen LogP contribution is -2.13. The summed E-state index contributed by atoms with van der Waals surface area (Å²) in [6.45, 7) is 2.23. The van der Waals surface area contributed by atoms with Crippen LogP contribution in [0.4, 0.5) is 10.5 Å². The maximum atomic E-state index is 12.0. The molecule has 2 aromatic carbocycles. The highest BCUT2D eigenvalue weighted by Crippen LogP contribution is 2.24. The molecule has 3 rings (SSSR count). The minimum Gasteiger partial charge on any atom is -0.461 e. The molecular weight excluding hydrogens is 320 g/mol. The fraction of sp³-hybridized carbons (Fsp3) is 0.158. The minimum absolute atomic E-state index is 0.182. The molecule has 6 nitrogen and oxygen atoms in total. The molecule has 128 valence electrons. The van der Waals surface area contributed by atoms with Gasteiger partial charge in [0.25, 0.3) is 0 Å². The van der Waals surface area contributed by atoms with E-state index in [-0.39, 0.29) is 6.61 Å².